The molecule has 0 N–H and O–H groups in total. The van der Waals surface area contributed by atoms with E-state index in [-0.39, 0.29) is 0 Å². The summed E-state index contributed by atoms with van der Waals surface area (Å²) in [6, 6.07) is 67.8. The van der Waals surface area contributed by atoms with Crippen LogP contribution in [0.2, 0.25) is 0 Å². The lowest BCUT2D eigenvalue weighted by molar-refractivity contribution is 0.772. The van der Waals surface area contributed by atoms with Gasteiger partial charge in [-0.15, -0.1) is 0 Å². The second-order valence-corrected chi connectivity index (χ2v) is 12.9. The van der Waals surface area contributed by atoms with Crippen LogP contribution in [0, 0.1) is 0 Å². The summed E-state index contributed by atoms with van der Waals surface area (Å²) in [4.78, 5) is 0. The van der Waals surface area contributed by atoms with Crippen LogP contribution in [0.25, 0.3) is 65.3 Å². The first-order chi connectivity index (χ1) is 23.3. The van der Waals surface area contributed by atoms with Gasteiger partial charge in [0.25, 0.3) is 0 Å². The van der Waals surface area contributed by atoms with Gasteiger partial charge >= 0.3 is 0 Å². The first-order valence-electron chi connectivity index (χ1n) is 16.4. The highest BCUT2D eigenvalue weighted by Crippen LogP contribution is 2.57. The molecule has 0 nitrogen and oxygen atoms in total. The van der Waals surface area contributed by atoms with Gasteiger partial charge in [0, 0.05) is 0 Å². The molecule has 0 spiro atoms. The SMILES string of the molecule is c1ccc(C2(c3ccccc3)c3cc(-c4ccc5ccccc5c4)cc4ccc5cc(-c6ccc7ccccc7c6)cc2c5c34)cc1. The number of rotatable bonds is 4. The van der Waals surface area contributed by atoms with Gasteiger partial charge in [0.2, 0.25) is 0 Å². The average molecular weight is 595 g/mol. The van der Waals surface area contributed by atoms with Crippen molar-refractivity contribution < 1.29 is 0 Å². The molecule has 1 aliphatic rings. The average Bonchev–Trinajstić information content (AvgIpc) is 3.45. The smallest absolute Gasteiger partial charge is 0.0622 e. The summed E-state index contributed by atoms with van der Waals surface area (Å²) in [6.07, 6.45) is 0. The molecule has 0 saturated carbocycles. The summed E-state index contributed by atoms with van der Waals surface area (Å²) in [5.74, 6) is 0. The van der Waals surface area contributed by atoms with Crippen molar-refractivity contribution >= 4 is 43.1 Å². The monoisotopic (exact) mass is 594 g/mol. The molecule has 0 heteroatoms. The fraction of sp³-hybridized carbons (Fsp3) is 0.0213. The highest BCUT2D eigenvalue weighted by atomic mass is 14.5. The van der Waals surface area contributed by atoms with Gasteiger partial charge in [-0.05, 0) is 124 Å². The van der Waals surface area contributed by atoms with Gasteiger partial charge in [-0.2, -0.15) is 0 Å². The Bertz CT molecular complexity index is 2480. The van der Waals surface area contributed by atoms with Crippen molar-refractivity contribution in [3.8, 4) is 22.3 Å². The van der Waals surface area contributed by atoms with Gasteiger partial charge in [-0.1, -0.05) is 146 Å². The number of fused-ring (bicyclic) bond motifs is 2. The van der Waals surface area contributed by atoms with E-state index in [1.807, 2.05) is 0 Å². The second-order valence-electron chi connectivity index (χ2n) is 12.9. The molecule has 218 valence electrons. The van der Waals surface area contributed by atoms with Gasteiger partial charge in [0.15, 0.2) is 0 Å². The minimum Gasteiger partial charge on any atom is -0.0622 e. The van der Waals surface area contributed by atoms with Gasteiger partial charge in [0.05, 0.1) is 5.41 Å². The van der Waals surface area contributed by atoms with E-state index < -0.39 is 5.41 Å². The number of hydrogen-bond donors (Lipinski definition) is 0. The standard InChI is InChI=1S/C47H30/c1-3-15-41(16-4-1)47(42-17-5-2-6-18-42)43-29-39(35-21-19-31-11-7-9-13-33(31)25-35)27-37-23-24-38-28-40(30-44(47)46(38)45(37)43)36-22-20-32-12-8-10-14-34(32)26-36/h1-30H. The van der Waals surface area contributed by atoms with Gasteiger partial charge < -0.3 is 0 Å². The minimum atomic E-state index is -0.484. The van der Waals surface area contributed by atoms with Gasteiger partial charge in [-0.25, -0.2) is 0 Å². The molecule has 0 unspecified atom stereocenters. The van der Waals surface area contributed by atoms with E-state index in [0.29, 0.717) is 0 Å². The number of hydrogen-bond acceptors (Lipinski definition) is 0. The van der Waals surface area contributed by atoms with Crippen LogP contribution in [0.5, 0.6) is 0 Å². The molecule has 1 aliphatic carbocycles. The molecule has 0 heterocycles. The van der Waals surface area contributed by atoms with Crippen LogP contribution in [-0.2, 0) is 5.41 Å². The van der Waals surface area contributed by atoms with Crippen LogP contribution in [0.4, 0.5) is 0 Å². The molecular formula is C47H30. The zero-order valence-electron chi connectivity index (χ0n) is 25.8. The summed E-state index contributed by atoms with van der Waals surface area (Å²) < 4.78 is 0. The minimum absolute atomic E-state index is 0.484. The Balaban J connectivity index is 1.32. The van der Waals surface area contributed by atoms with Crippen molar-refractivity contribution in [2.45, 2.75) is 5.41 Å². The molecule has 47 heavy (non-hydrogen) atoms. The molecular weight excluding hydrogens is 565 g/mol. The van der Waals surface area contributed by atoms with E-state index in [9.17, 15) is 0 Å². The highest BCUT2D eigenvalue weighted by molar-refractivity contribution is 6.18. The van der Waals surface area contributed by atoms with E-state index in [4.69, 9.17) is 0 Å². The molecule has 0 aliphatic heterocycles. The fourth-order valence-corrected chi connectivity index (χ4v) is 8.30. The van der Waals surface area contributed by atoms with E-state index in [1.54, 1.807) is 0 Å². The van der Waals surface area contributed by atoms with Crippen LogP contribution in [-0.4, -0.2) is 0 Å². The molecule has 0 radical (unpaired) electrons. The lowest BCUT2D eigenvalue weighted by Gasteiger charge is -2.34. The Morgan fingerprint density at radius 2 is 0.617 bits per heavy atom. The van der Waals surface area contributed by atoms with Gasteiger partial charge in [0.1, 0.15) is 0 Å². The Hall–Kier alpha value is -5.98. The molecule has 0 saturated heterocycles. The third-order valence-corrected chi connectivity index (χ3v) is 10.4. The van der Waals surface area contributed by atoms with Crippen molar-refractivity contribution in [3.63, 3.8) is 0 Å². The Morgan fingerprint density at radius 3 is 1.06 bits per heavy atom. The van der Waals surface area contributed by atoms with E-state index in [1.165, 1.54) is 87.6 Å². The lowest BCUT2D eigenvalue weighted by Crippen LogP contribution is -2.28. The third kappa shape index (κ3) is 3.82. The molecule has 9 aromatic carbocycles. The molecule has 0 atom stereocenters. The maximum absolute atomic E-state index is 2.49. The molecule has 10 rings (SSSR count). The number of benzene rings is 9. The maximum Gasteiger partial charge on any atom is 0.0714 e. The summed E-state index contributed by atoms with van der Waals surface area (Å²) >= 11 is 0. The maximum atomic E-state index is 2.49. The highest BCUT2D eigenvalue weighted by Gasteiger charge is 2.45. The quantitative estimate of drug-likeness (QED) is 0.178. The second kappa shape index (κ2) is 10.0. The first kappa shape index (κ1) is 26.3. The van der Waals surface area contributed by atoms with Crippen molar-refractivity contribution in [1.82, 2.24) is 0 Å². The molecule has 0 amide bonds. The largest absolute Gasteiger partial charge is 0.0714 e. The molecule has 0 aromatic heterocycles. The summed E-state index contributed by atoms with van der Waals surface area (Å²) in [6.45, 7) is 0. The van der Waals surface area contributed by atoms with E-state index >= 15 is 0 Å². The van der Waals surface area contributed by atoms with Crippen LogP contribution in [0.1, 0.15) is 22.3 Å². The van der Waals surface area contributed by atoms with Crippen LogP contribution in [0.15, 0.2) is 182 Å². The zero-order valence-corrected chi connectivity index (χ0v) is 25.8. The summed E-state index contributed by atoms with van der Waals surface area (Å²) in [5.41, 5.74) is 9.77. The van der Waals surface area contributed by atoms with Crippen LogP contribution in [0.3, 0.4) is 0 Å². The van der Waals surface area contributed by atoms with Gasteiger partial charge in [-0.3, -0.25) is 0 Å². The van der Waals surface area contributed by atoms with Crippen molar-refractivity contribution in [1.29, 1.82) is 0 Å². The normalized spacial score (nSPS) is 13.3. The Morgan fingerprint density at radius 1 is 0.255 bits per heavy atom. The zero-order chi connectivity index (χ0) is 31.0. The lowest BCUT2D eigenvalue weighted by atomic mass is 9.66. The third-order valence-electron chi connectivity index (χ3n) is 10.4. The topological polar surface area (TPSA) is 0 Å². The van der Waals surface area contributed by atoms with E-state index in [2.05, 4.69) is 182 Å². The summed E-state index contributed by atoms with van der Waals surface area (Å²) in [7, 11) is 0. The molecule has 9 aromatic rings. The fourth-order valence-electron chi connectivity index (χ4n) is 8.30. The Labute approximate surface area is 274 Å². The van der Waals surface area contributed by atoms with E-state index in [0.717, 1.165) is 0 Å². The van der Waals surface area contributed by atoms with Crippen LogP contribution < -0.4 is 0 Å². The van der Waals surface area contributed by atoms with Crippen molar-refractivity contribution in [2.24, 2.45) is 0 Å². The first-order valence-corrected chi connectivity index (χ1v) is 16.4. The predicted molar refractivity (Wildman–Crippen MR) is 199 cm³/mol. The predicted octanol–water partition coefficient (Wildman–Crippen LogP) is 12.3. The van der Waals surface area contributed by atoms with Crippen molar-refractivity contribution in [2.75, 3.05) is 0 Å². The van der Waals surface area contributed by atoms with Crippen molar-refractivity contribution in [3.05, 3.63) is 204 Å². The Kier molecular flexibility index (Phi) is 5.59. The molecule has 0 fully saturated rings. The molecule has 0 bridgehead atoms. The summed E-state index contributed by atoms with van der Waals surface area (Å²) in [5, 5.41) is 10.3. The van der Waals surface area contributed by atoms with Crippen LogP contribution >= 0.6 is 0 Å².